The molecule has 2 aliphatic rings. The summed E-state index contributed by atoms with van der Waals surface area (Å²) >= 11 is 0. The predicted molar refractivity (Wildman–Crippen MR) is 113 cm³/mol. The monoisotopic (exact) mass is 413 g/mol. The molecule has 1 aromatic heterocycles. The van der Waals surface area contributed by atoms with Gasteiger partial charge in [-0.25, -0.2) is 14.2 Å². The van der Waals surface area contributed by atoms with Crippen molar-refractivity contribution in [3.05, 3.63) is 48.4 Å². The van der Waals surface area contributed by atoms with E-state index >= 15 is 0 Å². The molecule has 8 heteroatoms. The summed E-state index contributed by atoms with van der Waals surface area (Å²) in [4.78, 5) is 23.6. The van der Waals surface area contributed by atoms with Gasteiger partial charge in [0, 0.05) is 63.6 Å². The van der Waals surface area contributed by atoms with E-state index < -0.39 is 0 Å². The molecule has 2 aromatic rings. The Bertz CT molecular complexity index is 864. The average Bonchev–Trinajstić information content (AvgIpc) is 2.75. The fraction of sp³-hybridized carbons (Fsp3) is 0.455. The Morgan fingerprint density at radius 3 is 2.53 bits per heavy atom. The van der Waals surface area contributed by atoms with Gasteiger partial charge in [0.1, 0.15) is 23.1 Å². The normalized spacial score (nSPS) is 18.9. The van der Waals surface area contributed by atoms with Crippen molar-refractivity contribution in [2.24, 2.45) is 0 Å². The number of likely N-dealkylation sites (tertiary alicyclic amines) is 1. The van der Waals surface area contributed by atoms with Crippen LogP contribution in [0.25, 0.3) is 0 Å². The van der Waals surface area contributed by atoms with Crippen molar-refractivity contribution in [1.29, 1.82) is 0 Å². The molecule has 2 amide bonds. The number of carbonyl (C=O) groups excluding carboxylic acids is 1. The first-order valence-corrected chi connectivity index (χ1v) is 10.4. The maximum atomic E-state index is 13.3. The van der Waals surface area contributed by atoms with Crippen molar-refractivity contribution < 1.29 is 13.9 Å². The molecule has 0 spiro atoms. The van der Waals surface area contributed by atoms with Crippen molar-refractivity contribution in [2.45, 2.75) is 18.9 Å². The Hall–Kier alpha value is -2.71. The molecule has 2 aliphatic heterocycles. The van der Waals surface area contributed by atoms with Gasteiger partial charge in [0.2, 0.25) is 0 Å². The first kappa shape index (κ1) is 20.6. The molecule has 0 radical (unpaired) electrons. The number of urea groups is 1. The van der Waals surface area contributed by atoms with E-state index in [2.05, 4.69) is 27.1 Å². The highest BCUT2D eigenvalue weighted by Gasteiger charge is 2.28. The molecule has 0 aliphatic carbocycles. The number of amides is 2. The molecule has 0 unspecified atom stereocenters. The lowest BCUT2D eigenvalue weighted by Gasteiger charge is -2.42. The van der Waals surface area contributed by atoms with Gasteiger partial charge < -0.3 is 14.5 Å². The highest BCUT2D eigenvalue weighted by Crippen LogP contribution is 2.24. The van der Waals surface area contributed by atoms with E-state index in [0.29, 0.717) is 23.4 Å². The minimum atomic E-state index is -0.366. The van der Waals surface area contributed by atoms with Crippen molar-refractivity contribution in [3.8, 4) is 11.5 Å². The summed E-state index contributed by atoms with van der Waals surface area (Å²) in [6.45, 7) is 5.91. The number of benzene rings is 1. The maximum absolute atomic E-state index is 13.3. The molecule has 30 heavy (non-hydrogen) atoms. The fourth-order valence-corrected chi connectivity index (χ4v) is 4.02. The number of ether oxygens (including phenoxy) is 1. The third-order valence-electron chi connectivity index (χ3n) is 5.80. The SMILES string of the molecule is CN1CCN(C2CCN(C(=O)Nc3cc(Oc4cccc(F)c4)ccn3)CC2)CC1. The van der Waals surface area contributed by atoms with Crippen LogP contribution in [-0.2, 0) is 0 Å². The summed E-state index contributed by atoms with van der Waals surface area (Å²) in [7, 11) is 2.16. The molecular formula is C22H28FN5O2. The van der Waals surface area contributed by atoms with E-state index in [-0.39, 0.29) is 11.8 Å². The lowest BCUT2D eigenvalue weighted by atomic mass is 10.0. The summed E-state index contributed by atoms with van der Waals surface area (Å²) in [6.07, 6.45) is 3.55. The first-order valence-electron chi connectivity index (χ1n) is 10.4. The summed E-state index contributed by atoms with van der Waals surface area (Å²) in [5.74, 6) is 0.925. The van der Waals surface area contributed by atoms with Crippen LogP contribution in [0, 0.1) is 5.82 Å². The average molecular weight is 413 g/mol. The van der Waals surface area contributed by atoms with Crippen molar-refractivity contribution in [3.63, 3.8) is 0 Å². The van der Waals surface area contributed by atoms with E-state index in [4.69, 9.17) is 4.74 Å². The molecule has 1 N–H and O–H groups in total. The summed E-state index contributed by atoms with van der Waals surface area (Å²) in [6, 6.07) is 9.64. The number of likely N-dealkylation sites (N-methyl/N-ethyl adjacent to an activating group) is 1. The fourth-order valence-electron chi connectivity index (χ4n) is 4.02. The Kier molecular flexibility index (Phi) is 6.44. The topological polar surface area (TPSA) is 60.9 Å². The number of rotatable bonds is 4. The lowest BCUT2D eigenvalue weighted by molar-refractivity contribution is 0.0765. The first-order chi connectivity index (χ1) is 14.6. The second kappa shape index (κ2) is 9.40. The molecule has 2 fully saturated rings. The number of hydrogen-bond acceptors (Lipinski definition) is 5. The van der Waals surface area contributed by atoms with Crippen molar-refractivity contribution >= 4 is 11.8 Å². The zero-order chi connectivity index (χ0) is 20.9. The maximum Gasteiger partial charge on any atom is 0.323 e. The number of anilines is 1. The molecule has 7 nitrogen and oxygen atoms in total. The molecular weight excluding hydrogens is 385 g/mol. The van der Waals surface area contributed by atoms with Crippen LogP contribution in [0.4, 0.5) is 15.0 Å². The van der Waals surface area contributed by atoms with Crippen LogP contribution in [0.15, 0.2) is 42.6 Å². The highest BCUT2D eigenvalue weighted by atomic mass is 19.1. The zero-order valence-electron chi connectivity index (χ0n) is 17.3. The predicted octanol–water partition coefficient (Wildman–Crippen LogP) is 3.26. The zero-order valence-corrected chi connectivity index (χ0v) is 17.3. The molecule has 2 saturated heterocycles. The largest absolute Gasteiger partial charge is 0.457 e. The van der Waals surface area contributed by atoms with E-state index in [1.54, 1.807) is 30.5 Å². The van der Waals surface area contributed by atoms with Crippen LogP contribution in [-0.4, -0.2) is 78.1 Å². The lowest BCUT2D eigenvalue weighted by Crippen LogP contribution is -2.53. The van der Waals surface area contributed by atoms with E-state index in [1.165, 1.54) is 12.1 Å². The number of carbonyl (C=O) groups is 1. The smallest absolute Gasteiger partial charge is 0.323 e. The quantitative estimate of drug-likeness (QED) is 0.834. The Balaban J connectivity index is 1.29. The second-order valence-corrected chi connectivity index (χ2v) is 7.92. The minimum Gasteiger partial charge on any atom is -0.457 e. The summed E-state index contributed by atoms with van der Waals surface area (Å²) < 4.78 is 19.0. The van der Waals surface area contributed by atoms with E-state index in [9.17, 15) is 9.18 Å². The summed E-state index contributed by atoms with van der Waals surface area (Å²) in [5, 5.41) is 2.85. The molecule has 160 valence electrons. The number of nitrogens with zero attached hydrogens (tertiary/aromatic N) is 4. The highest BCUT2D eigenvalue weighted by molar-refractivity contribution is 5.88. The number of hydrogen-bond donors (Lipinski definition) is 1. The van der Waals surface area contributed by atoms with Gasteiger partial charge in [-0.1, -0.05) is 6.07 Å². The van der Waals surface area contributed by atoms with Crippen LogP contribution < -0.4 is 10.1 Å². The minimum absolute atomic E-state index is 0.151. The second-order valence-electron chi connectivity index (χ2n) is 7.92. The molecule has 0 saturated carbocycles. The van der Waals surface area contributed by atoms with Gasteiger partial charge >= 0.3 is 6.03 Å². The van der Waals surface area contributed by atoms with Gasteiger partial charge in [-0.15, -0.1) is 0 Å². The number of nitrogens with one attached hydrogen (secondary N) is 1. The van der Waals surface area contributed by atoms with Gasteiger partial charge in [0.25, 0.3) is 0 Å². The van der Waals surface area contributed by atoms with Gasteiger partial charge in [-0.05, 0) is 38.1 Å². The number of piperazine rings is 1. The molecule has 4 rings (SSSR count). The van der Waals surface area contributed by atoms with Crippen LogP contribution in [0.3, 0.4) is 0 Å². The number of pyridine rings is 1. The van der Waals surface area contributed by atoms with E-state index in [0.717, 1.165) is 52.1 Å². The van der Waals surface area contributed by atoms with Gasteiger partial charge in [0.15, 0.2) is 0 Å². The van der Waals surface area contributed by atoms with Gasteiger partial charge in [-0.2, -0.15) is 0 Å². The van der Waals surface area contributed by atoms with Crippen LogP contribution >= 0.6 is 0 Å². The third-order valence-corrected chi connectivity index (χ3v) is 5.80. The van der Waals surface area contributed by atoms with Gasteiger partial charge in [-0.3, -0.25) is 10.2 Å². The molecule has 0 bridgehead atoms. The third kappa shape index (κ3) is 5.25. The Morgan fingerprint density at radius 1 is 1.07 bits per heavy atom. The molecule has 0 atom stereocenters. The van der Waals surface area contributed by atoms with E-state index in [1.807, 2.05) is 4.90 Å². The van der Waals surface area contributed by atoms with Crippen molar-refractivity contribution in [2.75, 3.05) is 51.6 Å². The molecule has 1 aromatic carbocycles. The van der Waals surface area contributed by atoms with Crippen LogP contribution in [0.2, 0.25) is 0 Å². The summed E-state index contributed by atoms with van der Waals surface area (Å²) in [5.41, 5.74) is 0. The number of aromatic nitrogens is 1. The Labute approximate surface area is 176 Å². The van der Waals surface area contributed by atoms with Crippen molar-refractivity contribution in [1.82, 2.24) is 19.7 Å². The number of halogens is 1. The standard InChI is InChI=1S/C22H28FN5O2/c1-26-11-13-27(14-12-26)18-6-9-28(10-7-18)22(29)25-21-16-20(5-8-24-21)30-19-4-2-3-17(23)15-19/h2-5,8,15-16,18H,6-7,9-14H2,1H3,(H,24,25,29). The number of piperidine rings is 1. The molecule has 3 heterocycles. The Morgan fingerprint density at radius 2 is 1.80 bits per heavy atom. The van der Waals surface area contributed by atoms with Gasteiger partial charge in [0.05, 0.1) is 0 Å². The van der Waals surface area contributed by atoms with Crippen LogP contribution in [0.1, 0.15) is 12.8 Å². The van der Waals surface area contributed by atoms with Crippen LogP contribution in [0.5, 0.6) is 11.5 Å².